The summed E-state index contributed by atoms with van der Waals surface area (Å²) in [6.07, 6.45) is -1.72. The number of carbonyl (C=O) groups is 1. The van der Waals surface area contributed by atoms with Crippen molar-refractivity contribution in [3.05, 3.63) is 70.3 Å². The van der Waals surface area contributed by atoms with Crippen molar-refractivity contribution >= 4 is 17.3 Å². The number of hydrogen-bond acceptors (Lipinski definition) is 6. The molecule has 0 spiro atoms. The van der Waals surface area contributed by atoms with Gasteiger partial charge in [0.2, 0.25) is 5.91 Å². The summed E-state index contributed by atoms with van der Waals surface area (Å²) in [7, 11) is 0. The molecule has 0 aliphatic heterocycles. The fraction of sp³-hybridized carbons (Fsp3) is 0.211. The number of ether oxygens (including phenoxy) is 1. The fourth-order valence-corrected chi connectivity index (χ4v) is 2.74. The molecule has 1 atom stereocenters. The fourth-order valence-electron chi connectivity index (χ4n) is 2.74. The van der Waals surface area contributed by atoms with E-state index < -0.39 is 28.7 Å². The summed E-state index contributed by atoms with van der Waals surface area (Å²) < 4.78 is 45.1. The van der Waals surface area contributed by atoms with Gasteiger partial charge < -0.3 is 10.1 Å². The minimum Gasteiger partial charge on any atom is -0.455 e. The van der Waals surface area contributed by atoms with Gasteiger partial charge in [-0.1, -0.05) is 0 Å². The number of halogens is 3. The third-order valence-electron chi connectivity index (χ3n) is 4.20. The summed E-state index contributed by atoms with van der Waals surface area (Å²) in [4.78, 5) is 27.1. The second-order valence-electron chi connectivity index (χ2n) is 6.54. The molecule has 2 aromatic heterocycles. The molecule has 1 amide bonds. The van der Waals surface area contributed by atoms with Crippen LogP contribution >= 0.6 is 0 Å². The maximum Gasteiger partial charge on any atom is 0.435 e. The molecule has 0 aliphatic rings. The molecule has 9 nitrogen and oxygen atoms in total. The van der Waals surface area contributed by atoms with Gasteiger partial charge in [0.05, 0.1) is 22.9 Å². The molecule has 1 aromatic carbocycles. The first-order valence-electron chi connectivity index (χ1n) is 8.86. The number of alkyl halides is 3. The van der Waals surface area contributed by atoms with Crippen LogP contribution < -0.4 is 10.1 Å². The van der Waals surface area contributed by atoms with Crippen molar-refractivity contribution in [3.63, 3.8) is 0 Å². The van der Waals surface area contributed by atoms with Gasteiger partial charge in [-0.3, -0.25) is 24.6 Å². The van der Waals surface area contributed by atoms with Gasteiger partial charge in [0.25, 0.3) is 5.69 Å². The monoisotopic (exact) mass is 435 g/mol. The quantitative estimate of drug-likeness (QED) is 0.451. The number of non-ortho nitro benzene ring substituents is 1. The molecule has 3 aromatic rings. The first kappa shape index (κ1) is 21.7. The zero-order valence-electron chi connectivity index (χ0n) is 16.3. The summed E-state index contributed by atoms with van der Waals surface area (Å²) in [6, 6.07) is 6.54. The smallest absolute Gasteiger partial charge is 0.435 e. The molecule has 0 saturated carbocycles. The number of nitrogens with one attached hydrogen (secondary N) is 1. The Bertz CT molecular complexity index is 1120. The lowest BCUT2D eigenvalue weighted by molar-refractivity contribution is -0.384. The Morgan fingerprint density at radius 1 is 1.26 bits per heavy atom. The van der Waals surface area contributed by atoms with E-state index in [0.717, 1.165) is 16.8 Å². The van der Waals surface area contributed by atoms with Crippen LogP contribution in [-0.2, 0) is 11.0 Å². The average Bonchev–Trinajstić information content (AvgIpc) is 3.10. The van der Waals surface area contributed by atoms with Crippen molar-refractivity contribution in [3.8, 4) is 11.5 Å². The van der Waals surface area contributed by atoms with E-state index in [1.54, 1.807) is 12.1 Å². The highest BCUT2D eigenvalue weighted by Gasteiger charge is 2.35. The van der Waals surface area contributed by atoms with Crippen LogP contribution in [0.2, 0.25) is 0 Å². The van der Waals surface area contributed by atoms with Gasteiger partial charge in [-0.25, -0.2) is 0 Å². The number of nitro groups is 1. The molecule has 0 fully saturated rings. The van der Waals surface area contributed by atoms with Gasteiger partial charge in [0.15, 0.2) is 5.69 Å². The summed E-state index contributed by atoms with van der Waals surface area (Å²) in [5, 5.41) is 17.2. The number of carbonyl (C=O) groups excluding carboxylic acids is 1. The Morgan fingerprint density at radius 3 is 2.58 bits per heavy atom. The number of pyridine rings is 1. The topological polar surface area (TPSA) is 112 Å². The lowest BCUT2D eigenvalue weighted by atomic mass is 10.2. The predicted octanol–water partition coefficient (Wildman–Crippen LogP) is 4.51. The van der Waals surface area contributed by atoms with Crippen LogP contribution in [0.25, 0.3) is 0 Å². The molecule has 12 heteroatoms. The zero-order chi connectivity index (χ0) is 22.8. The Balaban J connectivity index is 1.85. The summed E-state index contributed by atoms with van der Waals surface area (Å²) in [5.74, 6) is -0.326. The first-order chi connectivity index (χ1) is 14.5. The van der Waals surface area contributed by atoms with E-state index in [4.69, 9.17) is 4.74 Å². The van der Waals surface area contributed by atoms with Crippen LogP contribution in [0.3, 0.4) is 0 Å². The molecule has 0 radical (unpaired) electrons. The molecule has 1 unspecified atom stereocenters. The maximum absolute atomic E-state index is 12.9. The van der Waals surface area contributed by atoms with Crippen LogP contribution in [0.5, 0.6) is 11.5 Å². The Labute approximate surface area is 173 Å². The molecule has 1 N–H and O–H groups in total. The molecule has 2 heterocycles. The van der Waals surface area contributed by atoms with Gasteiger partial charge in [-0.05, 0) is 32.0 Å². The molecular formula is C19H16F3N5O4. The SMILES string of the molecule is Cc1cc(C(F)(F)F)nn1C(C)C(=O)Nc1cc(Oc2cccnc2)cc([N+](=O)[O-])c1. The van der Waals surface area contributed by atoms with Crippen molar-refractivity contribution in [2.24, 2.45) is 0 Å². The number of rotatable bonds is 6. The molecule has 31 heavy (non-hydrogen) atoms. The van der Waals surface area contributed by atoms with Crippen LogP contribution in [0.15, 0.2) is 48.8 Å². The van der Waals surface area contributed by atoms with Crippen molar-refractivity contribution in [1.82, 2.24) is 14.8 Å². The van der Waals surface area contributed by atoms with E-state index in [1.807, 2.05) is 0 Å². The number of nitrogens with zero attached hydrogens (tertiary/aromatic N) is 4. The number of aryl methyl sites for hydroxylation is 1. The third-order valence-corrected chi connectivity index (χ3v) is 4.20. The van der Waals surface area contributed by atoms with E-state index in [2.05, 4.69) is 15.4 Å². The number of benzene rings is 1. The van der Waals surface area contributed by atoms with Gasteiger partial charge in [0, 0.05) is 24.0 Å². The number of anilines is 1. The van der Waals surface area contributed by atoms with Crippen molar-refractivity contribution in [2.75, 3.05) is 5.32 Å². The van der Waals surface area contributed by atoms with Crippen LogP contribution in [0.1, 0.15) is 24.4 Å². The lowest BCUT2D eigenvalue weighted by Gasteiger charge is -2.15. The largest absolute Gasteiger partial charge is 0.455 e. The summed E-state index contributed by atoms with van der Waals surface area (Å²) in [6.45, 7) is 2.75. The second-order valence-corrected chi connectivity index (χ2v) is 6.54. The van der Waals surface area contributed by atoms with Crippen LogP contribution in [-0.4, -0.2) is 25.6 Å². The number of nitro benzene ring substituents is 1. The summed E-state index contributed by atoms with van der Waals surface area (Å²) >= 11 is 0. The van der Waals surface area contributed by atoms with E-state index in [1.165, 1.54) is 38.4 Å². The molecule has 3 rings (SSSR count). The predicted molar refractivity (Wildman–Crippen MR) is 103 cm³/mol. The molecular weight excluding hydrogens is 419 g/mol. The molecule has 0 aliphatic carbocycles. The van der Waals surface area contributed by atoms with E-state index in [0.29, 0.717) is 5.75 Å². The second kappa shape index (κ2) is 8.42. The highest BCUT2D eigenvalue weighted by Crippen LogP contribution is 2.31. The lowest BCUT2D eigenvalue weighted by Crippen LogP contribution is -2.25. The van der Waals surface area contributed by atoms with Gasteiger partial charge in [0.1, 0.15) is 17.5 Å². The maximum atomic E-state index is 12.9. The Kier molecular flexibility index (Phi) is 5.90. The van der Waals surface area contributed by atoms with Crippen LogP contribution in [0, 0.1) is 17.0 Å². The number of aromatic nitrogens is 3. The van der Waals surface area contributed by atoms with E-state index in [9.17, 15) is 28.1 Å². The zero-order valence-corrected chi connectivity index (χ0v) is 16.3. The first-order valence-corrected chi connectivity index (χ1v) is 8.86. The van der Waals surface area contributed by atoms with E-state index >= 15 is 0 Å². The molecule has 0 saturated heterocycles. The molecule has 0 bridgehead atoms. The number of hydrogen-bond donors (Lipinski definition) is 1. The van der Waals surface area contributed by atoms with Crippen molar-refractivity contribution in [1.29, 1.82) is 0 Å². The summed E-state index contributed by atoms with van der Waals surface area (Å²) in [5.41, 5.74) is -1.30. The highest BCUT2D eigenvalue weighted by atomic mass is 19.4. The van der Waals surface area contributed by atoms with Crippen molar-refractivity contribution < 1.29 is 27.6 Å². The Hall–Kier alpha value is -3.96. The normalized spacial score (nSPS) is 12.3. The van der Waals surface area contributed by atoms with Crippen LogP contribution in [0.4, 0.5) is 24.5 Å². The standard InChI is InChI=1S/C19H16F3N5O4/c1-11-6-17(19(20,21)22)25-26(11)12(2)18(28)24-13-7-14(27(29)30)9-16(8-13)31-15-4-3-5-23-10-15/h3-10,12H,1-2H3,(H,24,28). The highest BCUT2D eigenvalue weighted by molar-refractivity contribution is 5.94. The minimum atomic E-state index is -4.65. The van der Waals surface area contributed by atoms with Gasteiger partial charge >= 0.3 is 6.18 Å². The van der Waals surface area contributed by atoms with Crippen molar-refractivity contribution in [2.45, 2.75) is 26.1 Å². The Morgan fingerprint density at radius 2 is 2.00 bits per heavy atom. The molecule has 162 valence electrons. The average molecular weight is 435 g/mol. The third kappa shape index (κ3) is 5.15. The van der Waals surface area contributed by atoms with E-state index in [-0.39, 0.29) is 22.8 Å². The van der Waals surface area contributed by atoms with Gasteiger partial charge in [-0.2, -0.15) is 18.3 Å². The number of amides is 1. The van der Waals surface area contributed by atoms with Gasteiger partial charge in [-0.15, -0.1) is 0 Å². The minimum absolute atomic E-state index is 0.0331.